The largest absolute Gasteiger partial charge is 0.396 e. The fourth-order valence-corrected chi connectivity index (χ4v) is 1.17. The van der Waals surface area contributed by atoms with E-state index < -0.39 is 0 Å². The average Bonchev–Trinajstić information content (AvgIpc) is 2.62. The van der Waals surface area contributed by atoms with Crippen molar-refractivity contribution in [2.75, 3.05) is 65.9 Å². The van der Waals surface area contributed by atoms with Gasteiger partial charge in [0.2, 0.25) is 0 Å². The molecule has 0 aromatic heterocycles. The molecule has 0 aliphatic carbocycles. The molecule has 5 N–H and O–H groups in total. The van der Waals surface area contributed by atoms with Gasteiger partial charge in [-0.25, -0.2) is 0 Å². The van der Waals surface area contributed by atoms with E-state index in [-0.39, 0.29) is 130 Å². The molecule has 38 heavy (non-hydrogen) atoms. The zero-order valence-corrected chi connectivity index (χ0v) is 16.3. The summed E-state index contributed by atoms with van der Waals surface area (Å²) in [6.07, 6.45) is 2.70. The molecule has 0 aliphatic rings. The van der Waals surface area contributed by atoms with E-state index in [4.69, 9.17) is 30.3 Å². The van der Waals surface area contributed by atoms with Crippen LogP contribution in [0.2, 0.25) is 0 Å². The van der Waals surface area contributed by atoms with Crippen LogP contribution >= 0.6 is 0 Å². The molecule has 0 aliphatic heterocycles. The Morgan fingerprint density at radius 1 is 0.421 bits per heavy atom. The number of rotatable bonds is 12. The van der Waals surface area contributed by atoms with Crippen LogP contribution < -0.4 is 0 Å². The van der Waals surface area contributed by atoms with Crippen LogP contribution in [-0.2, 0) is 4.74 Å². The number of nitrogens with zero attached hydrogens (tertiary/aromatic N) is 1. The van der Waals surface area contributed by atoms with E-state index in [9.17, 15) is 0 Å². The lowest BCUT2D eigenvalue weighted by atomic mass is 10.4. The Morgan fingerprint density at radius 2 is 0.684 bits per heavy atom. The topological polar surface area (TPSA) is 114 Å². The van der Waals surface area contributed by atoms with Gasteiger partial charge in [-0.1, -0.05) is 132 Å². The van der Waals surface area contributed by atoms with Crippen molar-refractivity contribution >= 4 is 0 Å². The summed E-state index contributed by atoms with van der Waals surface area (Å²) >= 11 is 0. The number of hydrogen-bond acceptors (Lipinski definition) is 7. The minimum atomic E-state index is 0. The smallest absolute Gasteiger partial charge is 0.0558 e. The summed E-state index contributed by atoms with van der Waals surface area (Å²) < 4.78 is 5.06. The van der Waals surface area contributed by atoms with Crippen molar-refractivity contribution < 1.29 is 30.3 Å². The van der Waals surface area contributed by atoms with Gasteiger partial charge in [0.05, 0.1) is 19.8 Å². The van der Waals surface area contributed by atoms with Gasteiger partial charge in [-0.05, 0) is 19.3 Å². The van der Waals surface area contributed by atoms with Crippen LogP contribution in [0.1, 0.15) is 151 Å². The van der Waals surface area contributed by atoms with E-state index in [0.717, 1.165) is 25.9 Å². The van der Waals surface area contributed by atoms with Gasteiger partial charge in [-0.2, -0.15) is 0 Å². The molecule has 7 nitrogen and oxygen atoms in total. The molecule has 0 unspecified atom stereocenters. The van der Waals surface area contributed by atoms with Crippen molar-refractivity contribution in [1.29, 1.82) is 0 Å². The summed E-state index contributed by atoms with van der Waals surface area (Å²) in [6, 6.07) is 0. The molecule has 0 amide bonds. The number of aliphatic hydroxyl groups excluding tert-OH is 5. The molecule has 0 fully saturated rings. The zero-order chi connectivity index (χ0) is 19.5. The average molecular weight is 582 g/mol. The Balaban J connectivity index is -0.00000000838. The summed E-state index contributed by atoms with van der Waals surface area (Å²) in [5.74, 6) is 0. The third kappa shape index (κ3) is 199. The van der Waals surface area contributed by atoms with Crippen LogP contribution in [0.5, 0.6) is 0 Å². The number of aliphatic hydroxyl groups is 5. The zero-order valence-electron chi connectivity index (χ0n) is 16.3. The molecule has 0 radical (unpaired) electrons. The summed E-state index contributed by atoms with van der Waals surface area (Å²) in [5, 5.41) is 41.6. The van der Waals surface area contributed by atoms with Crippen LogP contribution in [0, 0.1) is 0 Å². The van der Waals surface area contributed by atoms with Crippen molar-refractivity contribution in [3.8, 4) is 0 Å². The van der Waals surface area contributed by atoms with Gasteiger partial charge in [0.25, 0.3) is 0 Å². The molecule has 264 valence electrons. The summed E-state index contributed by atoms with van der Waals surface area (Å²) in [6.45, 7) is 11.8. The van der Waals surface area contributed by atoms with E-state index in [2.05, 4.69) is 6.92 Å². The third-order valence-corrected chi connectivity index (χ3v) is 2.27. The first-order chi connectivity index (χ1) is 11.7. The quantitative estimate of drug-likeness (QED) is 0.146. The Kier molecular flexibility index (Phi) is 577. The fraction of sp³-hybridized carbons (Fsp3) is 1.00. The number of hydrogen-bond donors (Lipinski definition) is 5. The second-order valence-electron chi connectivity index (χ2n) is 4.43. The second-order valence-corrected chi connectivity index (χ2v) is 4.43. The molecule has 0 saturated carbocycles. The first kappa shape index (κ1) is 131. The van der Waals surface area contributed by atoms with Crippen LogP contribution in [0.4, 0.5) is 0 Å². The van der Waals surface area contributed by atoms with Crippen molar-refractivity contribution in [2.24, 2.45) is 0 Å². The SMILES string of the molecule is C.C.C.C.C.C.C.C.C.C.C.C.C.C.CC.CCCO.CCCOCCCO.OCCN(CCO)CCO. The lowest BCUT2D eigenvalue weighted by Crippen LogP contribution is -2.32. The molecule has 0 aromatic carbocycles. The molecule has 0 bridgehead atoms. The summed E-state index contributed by atoms with van der Waals surface area (Å²) in [7, 11) is 0. The molecule has 0 rings (SSSR count). The Labute approximate surface area is 252 Å². The van der Waals surface area contributed by atoms with Gasteiger partial charge in [0, 0.05) is 46.1 Å². The lowest BCUT2D eigenvalue weighted by Gasteiger charge is -2.17. The Bertz CT molecular complexity index is 147. The minimum absolute atomic E-state index is 0. The highest BCUT2D eigenvalue weighted by Crippen LogP contribution is 1.84. The predicted octanol–water partition coefficient (Wildman–Crippen LogP) is 9.38. The normalized spacial score (nSPS) is 5.84. The van der Waals surface area contributed by atoms with Gasteiger partial charge in [0.15, 0.2) is 0 Å². The van der Waals surface area contributed by atoms with Crippen molar-refractivity contribution in [3.63, 3.8) is 0 Å². The molecular weight excluding hydrogens is 482 g/mol. The van der Waals surface area contributed by atoms with Gasteiger partial charge >= 0.3 is 0 Å². The van der Waals surface area contributed by atoms with Crippen molar-refractivity contribution in [1.82, 2.24) is 4.90 Å². The van der Waals surface area contributed by atoms with E-state index in [0.29, 0.717) is 32.8 Å². The van der Waals surface area contributed by atoms with Gasteiger partial charge < -0.3 is 30.3 Å². The predicted molar refractivity (Wildman–Crippen MR) is 193 cm³/mol. The van der Waals surface area contributed by atoms with Crippen LogP contribution in [0.3, 0.4) is 0 Å². The molecule has 0 saturated heterocycles. The Hall–Kier alpha value is -0.280. The van der Waals surface area contributed by atoms with Gasteiger partial charge in [-0.15, -0.1) is 0 Å². The molecular formula is C31H99NO6. The maximum atomic E-state index is 8.48. The summed E-state index contributed by atoms with van der Waals surface area (Å²) in [4.78, 5) is 1.79. The molecule has 0 aromatic rings. The van der Waals surface area contributed by atoms with Crippen LogP contribution in [-0.4, -0.2) is 96.3 Å². The van der Waals surface area contributed by atoms with E-state index in [1.165, 1.54) is 0 Å². The fourth-order valence-electron chi connectivity index (χ4n) is 1.17. The molecule has 7 heteroatoms. The summed E-state index contributed by atoms with van der Waals surface area (Å²) in [5.41, 5.74) is 0. The van der Waals surface area contributed by atoms with E-state index in [1.54, 1.807) is 4.90 Å². The second kappa shape index (κ2) is 168. The van der Waals surface area contributed by atoms with Gasteiger partial charge in [0.1, 0.15) is 0 Å². The molecule has 0 spiro atoms. The first-order valence-corrected chi connectivity index (χ1v) is 9.02. The minimum Gasteiger partial charge on any atom is -0.396 e. The van der Waals surface area contributed by atoms with Gasteiger partial charge in [-0.3, -0.25) is 4.90 Å². The van der Waals surface area contributed by atoms with E-state index >= 15 is 0 Å². The number of ether oxygens (including phenoxy) is 1. The van der Waals surface area contributed by atoms with E-state index in [1.807, 2.05) is 20.8 Å². The molecule has 0 heterocycles. The highest BCUT2D eigenvalue weighted by Gasteiger charge is 2.00. The van der Waals surface area contributed by atoms with Crippen molar-refractivity contribution in [2.45, 2.75) is 151 Å². The Morgan fingerprint density at radius 3 is 0.842 bits per heavy atom. The highest BCUT2D eigenvalue weighted by atomic mass is 16.5. The molecule has 0 atom stereocenters. The van der Waals surface area contributed by atoms with Crippen molar-refractivity contribution in [3.05, 3.63) is 0 Å². The first-order valence-electron chi connectivity index (χ1n) is 9.02. The monoisotopic (exact) mass is 582 g/mol. The van der Waals surface area contributed by atoms with Crippen LogP contribution in [0.25, 0.3) is 0 Å². The maximum Gasteiger partial charge on any atom is 0.0558 e. The highest BCUT2D eigenvalue weighted by molar-refractivity contribution is 4.54. The van der Waals surface area contributed by atoms with Crippen LogP contribution in [0.15, 0.2) is 0 Å². The third-order valence-electron chi connectivity index (χ3n) is 2.27. The standard InChI is InChI=1S/C6H15NO3.C6H14O2.C3H8O.C2H6.14CH4/c8-4-1-7(2-5-9)3-6-10;1-2-5-8-6-3-4-7;1-2-3-4;1-2;;;;;;;;;;;;;;/h8-10H,1-6H2;7H,2-6H2,1H3;4H,2-3H2,1H3;1-2H3;14*1H4. The maximum absolute atomic E-state index is 8.48. The lowest BCUT2D eigenvalue weighted by molar-refractivity contribution is 0.116.